The second-order valence-corrected chi connectivity index (χ2v) is 5.80. The third-order valence-electron chi connectivity index (χ3n) is 4.18. The van der Waals surface area contributed by atoms with Gasteiger partial charge in [-0.05, 0) is 19.4 Å². The van der Waals surface area contributed by atoms with Crippen molar-refractivity contribution in [2.75, 3.05) is 32.8 Å². The molecule has 0 bridgehead atoms. The third-order valence-corrected chi connectivity index (χ3v) is 4.18. The van der Waals surface area contributed by atoms with Crippen LogP contribution in [0.3, 0.4) is 0 Å². The summed E-state index contributed by atoms with van der Waals surface area (Å²) in [6.45, 7) is 9.42. The summed E-state index contributed by atoms with van der Waals surface area (Å²) >= 11 is 0. The molecular formula is C17H24N4O2. The molecule has 6 nitrogen and oxygen atoms in total. The highest BCUT2D eigenvalue weighted by Crippen LogP contribution is 2.25. The molecular weight excluding hydrogens is 292 g/mol. The number of piperazine rings is 1. The van der Waals surface area contributed by atoms with Crippen LogP contribution >= 0.6 is 0 Å². The van der Waals surface area contributed by atoms with E-state index in [0.29, 0.717) is 18.7 Å². The minimum atomic E-state index is -0.0997. The SMILES string of the molecule is CCOc1cc2nc(CC)c(=O)[nH]c2cc1CN1CCNCC1. The summed E-state index contributed by atoms with van der Waals surface area (Å²) in [4.78, 5) is 21.8. The van der Waals surface area contributed by atoms with Gasteiger partial charge in [-0.25, -0.2) is 4.98 Å². The van der Waals surface area contributed by atoms with Crippen LogP contribution in [0.15, 0.2) is 16.9 Å². The Kier molecular flexibility index (Phi) is 4.93. The first kappa shape index (κ1) is 16.0. The average molecular weight is 316 g/mol. The van der Waals surface area contributed by atoms with Gasteiger partial charge in [-0.2, -0.15) is 0 Å². The summed E-state index contributed by atoms with van der Waals surface area (Å²) in [5.74, 6) is 0.861. The Morgan fingerprint density at radius 3 is 2.74 bits per heavy atom. The molecule has 0 amide bonds. The molecule has 2 aromatic rings. The number of benzene rings is 1. The Balaban J connectivity index is 2.00. The van der Waals surface area contributed by atoms with E-state index in [4.69, 9.17) is 4.74 Å². The number of aromatic amines is 1. The van der Waals surface area contributed by atoms with Crippen molar-refractivity contribution in [1.82, 2.24) is 20.2 Å². The lowest BCUT2D eigenvalue weighted by Crippen LogP contribution is -2.42. The number of fused-ring (bicyclic) bond motifs is 1. The van der Waals surface area contributed by atoms with Crippen molar-refractivity contribution in [2.24, 2.45) is 0 Å². The van der Waals surface area contributed by atoms with Crippen molar-refractivity contribution in [2.45, 2.75) is 26.8 Å². The van der Waals surface area contributed by atoms with Gasteiger partial charge in [0.25, 0.3) is 5.56 Å². The lowest BCUT2D eigenvalue weighted by atomic mass is 10.1. The van der Waals surface area contributed by atoms with Gasteiger partial charge in [-0.3, -0.25) is 9.69 Å². The summed E-state index contributed by atoms with van der Waals surface area (Å²) in [7, 11) is 0. The van der Waals surface area contributed by atoms with Crippen LogP contribution in [0, 0.1) is 0 Å². The van der Waals surface area contributed by atoms with Crippen molar-refractivity contribution in [3.05, 3.63) is 33.7 Å². The number of hydrogen-bond acceptors (Lipinski definition) is 5. The lowest BCUT2D eigenvalue weighted by Gasteiger charge is -2.28. The maximum absolute atomic E-state index is 12.0. The van der Waals surface area contributed by atoms with E-state index in [1.54, 1.807) is 0 Å². The number of ether oxygens (including phenoxy) is 1. The van der Waals surface area contributed by atoms with Crippen LogP contribution in [0.1, 0.15) is 25.1 Å². The van der Waals surface area contributed by atoms with E-state index < -0.39 is 0 Å². The molecule has 0 saturated carbocycles. The molecule has 1 aliphatic heterocycles. The Labute approximate surface area is 135 Å². The second-order valence-electron chi connectivity index (χ2n) is 5.80. The fourth-order valence-corrected chi connectivity index (χ4v) is 2.96. The standard InChI is InChI=1S/C17H24N4O2/c1-3-13-17(22)20-14-9-12(11-21-7-5-18-6-8-21)16(23-4-2)10-15(14)19-13/h9-10,18H,3-8,11H2,1-2H3,(H,20,22). The zero-order chi connectivity index (χ0) is 16.2. The van der Waals surface area contributed by atoms with Crippen LogP contribution in [0.5, 0.6) is 5.75 Å². The smallest absolute Gasteiger partial charge is 0.270 e. The van der Waals surface area contributed by atoms with Gasteiger partial charge < -0.3 is 15.0 Å². The number of aryl methyl sites for hydroxylation is 1. The predicted molar refractivity (Wildman–Crippen MR) is 91.1 cm³/mol. The highest BCUT2D eigenvalue weighted by Gasteiger charge is 2.15. The fourth-order valence-electron chi connectivity index (χ4n) is 2.96. The van der Waals surface area contributed by atoms with E-state index in [1.165, 1.54) is 0 Å². The molecule has 23 heavy (non-hydrogen) atoms. The van der Waals surface area contributed by atoms with Gasteiger partial charge in [0, 0.05) is 44.4 Å². The molecule has 1 saturated heterocycles. The normalized spacial score (nSPS) is 15.9. The van der Waals surface area contributed by atoms with Gasteiger partial charge in [-0.15, -0.1) is 0 Å². The summed E-state index contributed by atoms with van der Waals surface area (Å²) in [5.41, 5.74) is 3.13. The summed E-state index contributed by atoms with van der Waals surface area (Å²) in [6, 6.07) is 3.96. The molecule has 1 fully saturated rings. The largest absolute Gasteiger partial charge is 0.493 e. The zero-order valence-electron chi connectivity index (χ0n) is 13.8. The van der Waals surface area contributed by atoms with Gasteiger partial charge in [0.1, 0.15) is 11.4 Å². The number of aromatic nitrogens is 2. The predicted octanol–water partition coefficient (Wildman–Crippen LogP) is 1.29. The first-order valence-corrected chi connectivity index (χ1v) is 8.33. The summed E-state index contributed by atoms with van der Waals surface area (Å²) in [6.07, 6.45) is 0.623. The maximum atomic E-state index is 12.0. The van der Waals surface area contributed by atoms with Gasteiger partial charge >= 0.3 is 0 Å². The van der Waals surface area contributed by atoms with Crippen LogP contribution in [0.2, 0.25) is 0 Å². The quantitative estimate of drug-likeness (QED) is 0.870. The molecule has 0 atom stereocenters. The average Bonchev–Trinajstić information content (AvgIpc) is 2.56. The van der Waals surface area contributed by atoms with Crippen molar-refractivity contribution in [3.63, 3.8) is 0 Å². The number of nitrogens with one attached hydrogen (secondary N) is 2. The Morgan fingerprint density at radius 1 is 1.26 bits per heavy atom. The van der Waals surface area contributed by atoms with Gasteiger partial charge in [-0.1, -0.05) is 6.92 Å². The molecule has 1 aromatic heterocycles. The molecule has 0 spiro atoms. The molecule has 2 heterocycles. The molecule has 124 valence electrons. The molecule has 2 N–H and O–H groups in total. The number of nitrogens with zero attached hydrogens (tertiary/aromatic N) is 2. The van der Waals surface area contributed by atoms with Crippen molar-refractivity contribution in [1.29, 1.82) is 0 Å². The first-order chi connectivity index (χ1) is 11.2. The zero-order valence-corrected chi connectivity index (χ0v) is 13.8. The minimum absolute atomic E-state index is 0.0997. The molecule has 0 radical (unpaired) electrons. The van der Waals surface area contributed by atoms with Crippen molar-refractivity contribution >= 4 is 11.0 Å². The second kappa shape index (κ2) is 7.10. The van der Waals surface area contributed by atoms with Crippen molar-refractivity contribution < 1.29 is 4.74 Å². The van der Waals surface area contributed by atoms with E-state index in [2.05, 4.69) is 20.2 Å². The lowest BCUT2D eigenvalue weighted by molar-refractivity contribution is 0.228. The van der Waals surface area contributed by atoms with E-state index in [0.717, 1.165) is 55.1 Å². The maximum Gasteiger partial charge on any atom is 0.270 e. The minimum Gasteiger partial charge on any atom is -0.493 e. The summed E-state index contributed by atoms with van der Waals surface area (Å²) in [5, 5.41) is 3.36. The van der Waals surface area contributed by atoms with E-state index in [-0.39, 0.29) is 5.56 Å². The van der Waals surface area contributed by atoms with Crippen LogP contribution in [0.4, 0.5) is 0 Å². The molecule has 0 aliphatic carbocycles. The van der Waals surface area contributed by atoms with Gasteiger partial charge in [0.2, 0.25) is 0 Å². The monoisotopic (exact) mass is 316 g/mol. The fraction of sp³-hybridized carbons (Fsp3) is 0.529. The molecule has 1 aliphatic rings. The molecule has 1 aromatic carbocycles. The van der Waals surface area contributed by atoms with Crippen LogP contribution in [-0.2, 0) is 13.0 Å². The summed E-state index contributed by atoms with van der Waals surface area (Å²) < 4.78 is 5.82. The van der Waals surface area contributed by atoms with E-state index in [9.17, 15) is 4.79 Å². The number of hydrogen-bond donors (Lipinski definition) is 2. The van der Waals surface area contributed by atoms with E-state index in [1.807, 2.05) is 26.0 Å². The number of rotatable bonds is 5. The molecule has 3 rings (SSSR count). The highest BCUT2D eigenvalue weighted by molar-refractivity contribution is 5.77. The van der Waals surface area contributed by atoms with E-state index >= 15 is 0 Å². The topological polar surface area (TPSA) is 70.2 Å². The van der Waals surface area contributed by atoms with Crippen LogP contribution in [-0.4, -0.2) is 47.7 Å². The Morgan fingerprint density at radius 2 is 2.04 bits per heavy atom. The van der Waals surface area contributed by atoms with Crippen LogP contribution in [0.25, 0.3) is 11.0 Å². The number of H-pyrrole nitrogens is 1. The van der Waals surface area contributed by atoms with Crippen LogP contribution < -0.4 is 15.6 Å². The van der Waals surface area contributed by atoms with Gasteiger partial charge in [0.15, 0.2) is 0 Å². The van der Waals surface area contributed by atoms with Gasteiger partial charge in [0.05, 0.1) is 17.6 Å². The molecule has 0 unspecified atom stereocenters. The Bertz CT molecular complexity index is 735. The highest BCUT2D eigenvalue weighted by atomic mass is 16.5. The third kappa shape index (κ3) is 3.54. The first-order valence-electron chi connectivity index (χ1n) is 8.33. The molecule has 6 heteroatoms. The van der Waals surface area contributed by atoms with Crippen molar-refractivity contribution in [3.8, 4) is 5.75 Å². The Hall–Kier alpha value is -1.92.